The molecule has 2 aliphatic rings. The van der Waals surface area contributed by atoms with E-state index in [1.807, 2.05) is 0 Å². The molecule has 98 valence electrons. The predicted molar refractivity (Wildman–Crippen MR) is 65.5 cm³/mol. The van der Waals surface area contributed by atoms with Gasteiger partial charge >= 0.3 is 0 Å². The molecular weight excluding hydrogens is 240 g/mol. The molecule has 0 aromatic carbocycles. The van der Waals surface area contributed by atoms with Crippen LogP contribution in [0.4, 0.5) is 0 Å². The Balaban J connectivity index is 1.79. The van der Waals surface area contributed by atoms with Crippen LogP contribution in [0.5, 0.6) is 0 Å². The van der Waals surface area contributed by atoms with E-state index in [0.717, 1.165) is 25.8 Å². The zero-order valence-electron chi connectivity index (χ0n) is 9.94. The van der Waals surface area contributed by atoms with Crippen molar-refractivity contribution >= 4 is 15.7 Å². The SMILES string of the molecule is O=C(NC1CCS(=O)(=O)CC1)[C@@H]1CCCCN1. The highest BCUT2D eigenvalue weighted by atomic mass is 32.2. The van der Waals surface area contributed by atoms with Crippen molar-refractivity contribution in [3.8, 4) is 0 Å². The molecule has 0 spiro atoms. The van der Waals surface area contributed by atoms with Crippen LogP contribution in [0, 0.1) is 0 Å². The molecule has 6 heteroatoms. The average molecular weight is 260 g/mol. The lowest BCUT2D eigenvalue weighted by Gasteiger charge is -2.27. The van der Waals surface area contributed by atoms with Gasteiger partial charge in [-0.3, -0.25) is 4.79 Å². The highest BCUT2D eigenvalue weighted by Crippen LogP contribution is 2.13. The highest BCUT2D eigenvalue weighted by molar-refractivity contribution is 7.91. The van der Waals surface area contributed by atoms with Crippen LogP contribution >= 0.6 is 0 Å². The Morgan fingerprint density at radius 1 is 1.12 bits per heavy atom. The number of nitrogens with one attached hydrogen (secondary N) is 2. The molecule has 2 fully saturated rings. The number of hydrogen-bond acceptors (Lipinski definition) is 4. The Labute approximate surface area is 102 Å². The zero-order chi connectivity index (χ0) is 12.3. The molecule has 1 amide bonds. The third-order valence-corrected chi connectivity index (χ3v) is 5.24. The maximum absolute atomic E-state index is 11.9. The Kier molecular flexibility index (Phi) is 4.04. The van der Waals surface area contributed by atoms with Gasteiger partial charge in [-0.05, 0) is 32.2 Å². The number of rotatable bonds is 2. The summed E-state index contributed by atoms with van der Waals surface area (Å²) in [6.45, 7) is 0.900. The molecule has 0 radical (unpaired) electrons. The van der Waals surface area contributed by atoms with Gasteiger partial charge in [0.2, 0.25) is 5.91 Å². The fraction of sp³-hybridized carbons (Fsp3) is 0.909. The summed E-state index contributed by atoms with van der Waals surface area (Å²) >= 11 is 0. The van der Waals surface area contributed by atoms with Gasteiger partial charge in [-0.25, -0.2) is 8.42 Å². The van der Waals surface area contributed by atoms with Gasteiger partial charge in [0.1, 0.15) is 9.84 Å². The van der Waals surface area contributed by atoms with Crippen LogP contribution in [-0.4, -0.2) is 44.5 Å². The van der Waals surface area contributed by atoms with Crippen LogP contribution < -0.4 is 10.6 Å². The number of carbonyl (C=O) groups is 1. The fourth-order valence-corrected chi connectivity index (χ4v) is 3.90. The van der Waals surface area contributed by atoms with Gasteiger partial charge in [-0.2, -0.15) is 0 Å². The van der Waals surface area contributed by atoms with E-state index in [4.69, 9.17) is 0 Å². The van der Waals surface area contributed by atoms with Crippen molar-refractivity contribution < 1.29 is 13.2 Å². The Bertz CT molecular complexity index is 360. The van der Waals surface area contributed by atoms with Gasteiger partial charge in [0.05, 0.1) is 17.5 Å². The van der Waals surface area contributed by atoms with Gasteiger partial charge < -0.3 is 10.6 Å². The number of carbonyl (C=O) groups excluding carboxylic acids is 1. The van der Waals surface area contributed by atoms with E-state index in [9.17, 15) is 13.2 Å². The molecule has 0 aromatic rings. The molecule has 1 atom stereocenters. The van der Waals surface area contributed by atoms with Crippen LogP contribution in [0.2, 0.25) is 0 Å². The summed E-state index contributed by atoms with van der Waals surface area (Å²) in [7, 11) is -2.84. The lowest BCUT2D eigenvalue weighted by molar-refractivity contribution is -0.124. The van der Waals surface area contributed by atoms with Gasteiger partial charge in [0.15, 0.2) is 0 Å². The summed E-state index contributed by atoms with van der Waals surface area (Å²) in [4.78, 5) is 11.9. The fourth-order valence-electron chi connectivity index (χ4n) is 2.41. The van der Waals surface area contributed by atoms with Crippen molar-refractivity contribution in [3.63, 3.8) is 0 Å². The monoisotopic (exact) mass is 260 g/mol. The van der Waals surface area contributed by atoms with Crippen molar-refractivity contribution in [1.82, 2.24) is 10.6 Å². The number of amides is 1. The molecule has 2 saturated heterocycles. The molecular formula is C11H20N2O3S. The van der Waals surface area contributed by atoms with Crippen molar-refractivity contribution in [3.05, 3.63) is 0 Å². The maximum atomic E-state index is 11.9. The van der Waals surface area contributed by atoms with Gasteiger partial charge in [-0.1, -0.05) is 6.42 Å². The lowest BCUT2D eigenvalue weighted by atomic mass is 10.0. The minimum absolute atomic E-state index is 0.0361. The highest BCUT2D eigenvalue weighted by Gasteiger charge is 2.27. The summed E-state index contributed by atoms with van der Waals surface area (Å²) in [5, 5.41) is 6.15. The van der Waals surface area contributed by atoms with E-state index in [1.54, 1.807) is 0 Å². The first-order valence-electron chi connectivity index (χ1n) is 6.31. The maximum Gasteiger partial charge on any atom is 0.237 e. The molecule has 2 aliphatic heterocycles. The van der Waals surface area contributed by atoms with Crippen molar-refractivity contribution in [2.45, 2.75) is 44.2 Å². The van der Waals surface area contributed by atoms with Gasteiger partial charge in [0.25, 0.3) is 0 Å². The number of piperidine rings is 1. The van der Waals surface area contributed by atoms with Gasteiger partial charge in [-0.15, -0.1) is 0 Å². The third kappa shape index (κ3) is 3.67. The number of hydrogen-bond donors (Lipinski definition) is 2. The van der Waals surface area contributed by atoms with Crippen molar-refractivity contribution in [2.24, 2.45) is 0 Å². The summed E-state index contributed by atoms with van der Waals surface area (Å²) in [6.07, 6.45) is 4.22. The molecule has 5 nitrogen and oxygen atoms in total. The van der Waals surface area contributed by atoms with Crippen LogP contribution in [0.15, 0.2) is 0 Å². The molecule has 2 heterocycles. The molecule has 2 rings (SSSR count). The normalized spacial score (nSPS) is 29.8. The van der Waals surface area contributed by atoms with Crippen LogP contribution in [0.1, 0.15) is 32.1 Å². The average Bonchev–Trinajstić information content (AvgIpc) is 2.33. The zero-order valence-corrected chi connectivity index (χ0v) is 10.8. The van der Waals surface area contributed by atoms with Crippen molar-refractivity contribution in [1.29, 1.82) is 0 Å². The van der Waals surface area contributed by atoms with E-state index in [0.29, 0.717) is 12.8 Å². The number of sulfone groups is 1. The Morgan fingerprint density at radius 2 is 1.82 bits per heavy atom. The molecule has 0 saturated carbocycles. The van der Waals surface area contributed by atoms with Crippen LogP contribution in [0.25, 0.3) is 0 Å². The minimum Gasteiger partial charge on any atom is -0.352 e. The van der Waals surface area contributed by atoms with Crippen LogP contribution in [0.3, 0.4) is 0 Å². The third-order valence-electron chi connectivity index (χ3n) is 3.53. The van der Waals surface area contributed by atoms with E-state index in [-0.39, 0.29) is 29.5 Å². The van der Waals surface area contributed by atoms with Gasteiger partial charge in [0, 0.05) is 6.04 Å². The summed E-state index contributed by atoms with van der Waals surface area (Å²) < 4.78 is 22.5. The largest absolute Gasteiger partial charge is 0.352 e. The summed E-state index contributed by atoms with van der Waals surface area (Å²) in [6, 6.07) is -0.0444. The molecule has 0 aliphatic carbocycles. The first kappa shape index (κ1) is 12.8. The van der Waals surface area contributed by atoms with Crippen molar-refractivity contribution in [2.75, 3.05) is 18.1 Å². The molecule has 17 heavy (non-hydrogen) atoms. The molecule has 2 N–H and O–H groups in total. The Hall–Kier alpha value is -0.620. The summed E-state index contributed by atoms with van der Waals surface area (Å²) in [5.41, 5.74) is 0. The predicted octanol–water partition coefficient (Wildman–Crippen LogP) is -0.178. The smallest absolute Gasteiger partial charge is 0.237 e. The first-order valence-corrected chi connectivity index (χ1v) is 8.13. The minimum atomic E-state index is -2.84. The van der Waals surface area contributed by atoms with E-state index >= 15 is 0 Å². The second-order valence-corrected chi connectivity index (χ2v) is 7.24. The Morgan fingerprint density at radius 3 is 2.41 bits per heavy atom. The molecule has 0 unspecified atom stereocenters. The lowest BCUT2D eigenvalue weighted by Crippen LogP contribution is -2.51. The van der Waals surface area contributed by atoms with Crippen LogP contribution in [-0.2, 0) is 14.6 Å². The molecule has 0 aromatic heterocycles. The van der Waals surface area contributed by atoms with E-state index in [1.165, 1.54) is 0 Å². The first-order chi connectivity index (χ1) is 8.07. The summed E-state index contributed by atoms with van der Waals surface area (Å²) in [5.74, 6) is 0.445. The standard InChI is InChI=1S/C11H20N2O3S/c14-11(10-3-1-2-6-12-10)13-9-4-7-17(15,16)8-5-9/h9-10,12H,1-8H2,(H,13,14)/t10-/m0/s1. The topological polar surface area (TPSA) is 75.3 Å². The second-order valence-electron chi connectivity index (χ2n) is 4.94. The van der Waals surface area contributed by atoms with E-state index in [2.05, 4.69) is 10.6 Å². The quantitative estimate of drug-likeness (QED) is 0.722. The molecule has 0 bridgehead atoms. The second kappa shape index (κ2) is 5.35. The van der Waals surface area contributed by atoms with E-state index < -0.39 is 9.84 Å².